The monoisotopic (exact) mass is 251 g/mol. The molecule has 4 heteroatoms. The number of unbranched alkanes of at least 4 members (excludes halogenated alkanes) is 2. The first kappa shape index (κ1) is 14.4. The summed E-state index contributed by atoms with van der Waals surface area (Å²) in [5.74, 6) is 1.34. The van der Waals surface area contributed by atoms with Gasteiger partial charge in [0, 0.05) is 12.5 Å². The van der Waals surface area contributed by atoms with Crippen LogP contribution in [-0.2, 0) is 4.79 Å². The molecule has 100 valence electrons. The van der Waals surface area contributed by atoms with Crippen LogP contribution in [0.2, 0.25) is 0 Å². The third kappa shape index (κ3) is 4.28. The molecule has 0 saturated carbocycles. The van der Waals surface area contributed by atoms with Gasteiger partial charge in [0.1, 0.15) is 11.5 Å². The molecule has 0 saturated heterocycles. The van der Waals surface area contributed by atoms with Crippen molar-refractivity contribution in [2.45, 2.75) is 32.6 Å². The third-order valence-corrected chi connectivity index (χ3v) is 2.69. The Balaban J connectivity index is 2.66. The van der Waals surface area contributed by atoms with Gasteiger partial charge in [0.2, 0.25) is 5.91 Å². The van der Waals surface area contributed by atoms with Crippen LogP contribution in [0.5, 0.6) is 11.5 Å². The number of rotatable bonds is 7. The Morgan fingerprint density at radius 3 is 2.61 bits per heavy atom. The molecule has 1 rings (SSSR count). The molecule has 0 spiro atoms. The van der Waals surface area contributed by atoms with E-state index in [1.807, 2.05) is 0 Å². The lowest BCUT2D eigenvalue weighted by atomic mass is 10.2. The van der Waals surface area contributed by atoms with E-state index in [4.69, 9.17) is 9.47 Å². The standard InChI is InChI=1S/C14H21NO3/c1-4-5-6-7-14(16)15-12-10-11(17-2)8-9-13(12)18-3/h8-10H,4-7H2,1-3H3,(H,15,16). The largest absolute Gasteiger partial charge is 0.497 e. The van der Waals surface area contributed by atoms with Crippen molar-refractivity contribution in [2.24, 2.45) is 0 Å². The number of carbonyl (C=O) groups excluding carboxylic acids is 1. The minimum Gasteiger partial charge on any atom is -0.497 e. The van der Waals surface area contributed by atoms with Crippen LogP contribution >= 0.6 is 0 Å². The number of nitrogens with one attached hydrogen (secondary N) is 1. The highest BCUT2D eigenvalue weighted by molar-refractivity contribution is 5.92. The molecular weight excluding hydrogens is 230 g/mol. The van der Waals surface area contributed by atoms with Crippen molar-refractivity contribution in [2.75, 3.05) is 19.5 Å². The molecule has 0 aliphatic carbocycles. The zero-order valence-corrected chi connectivity index (χ0v) is 11.3. The molecule has 1 N–H and O–H groups in total. The second kappa shape index (κ2) is 7.58. The van der Waals surface area contributed by atoms with Crippen LogP contribution in [0.25, 0.3) is 0 Å². The fraction of sp³-hybridized carbons (Fsp3) is 0.500. The molecule has 0 fully saturated rings. The predicted molar refractivity (Wildman–Crippen MR) is 72.3 cm³/mol. The molecule has 0 aromatic heterocycles. The van der Waals surface area contributed by atoms with Gasteiger partial charge in [0.05, 0.1) is 19.9 Å². The molecule has 0 bridgehead atoms. The van der Waals surface area contributed by atoms with Crippen LogP contribution in [0.1, 0.15) is 32.6 Å². The minimum atomic E-state index is 0.00926. The van der Waals surface area contributed by atoms with Crippen molar-refractivity contribution in [3.63, 3.8) is 0 Å². The average Bonchev–Trinajstić information content (AvgIpc) is 2.39. The fourth-order valence-corrected chi connectivity index (χ4v) is 1.66. The van der Waals surface area contributed by atoms with Gasteiger partial charge >= 0.3 is 0 Å². The van der Waals surface area contributed by atoms with Crippen LogP contribution in [0.4, 0.5) is 5.69 Å². The molecule has 0 unspecified atom stereocenters. The van der Waals surface area contributed by atoms with Crippen LogP contribution in [0.15, 0.2) is 18.2 Å². The van der Waals surface area contributed by atoms with Crippen LogP contribution in [0.3, 0.4) is 0 Å². The Kier molecular flexibility index (Phi) is 6.05. The minimum absolute atomic E-state index is 0.00926. The molecule has 0 heterocycles. The molecule has 18 heavy (non-hydrogen) atoms. The van der Waals surface area contributed by atoms with Crippen molar-refractivity contribution < 1.29 is 14.3 Å². The van der Waals surface area contributed by atoms with Gasteiger partial charge in [-0.05, 0) is 18.6 Å². The van der Waals surface area contributed by atoms with Crippen molar-refractivity contribution in [3.8, 4) is 11.5 Å². The summed E-state index contributed by atoms with van der Waals surface area (Å²) >= 11 is 0. The van der Waals surface area contributed by atoms with E-state index >= 15 is 0 Å². The quantitative estimate of drug-likeness (QED) is 0.757. The van der Waals surface area contributed by atoms with Gasteiger partial charge in [-0.3, -0.25) is 4.79 Å². The van der Waals surface area contributed by atoms with E-state index in [1.165, 1.54) is 0 Å². The molecule has 0 atom stereocenters. The van der Waals surface area contributed by atoms with Crippen LogP contribution < -0.4 is 14.8 Å². The van der Waals surface area contributed by atoms with Crippen molar-refractivity contribution in [1.29, 1.82) is 0 Å². The first-order chi connectivity index (χ1) is 8.71. The molecule has 1 aromatic carbocycles. The van der Waals surface area contributed by atoms with E-state index < -0.39 is 0 Å². The maximum Gasteiger partial charge on any atom is 0.224 e. The molecule has 0 radical (unpaired) electrons. The van der Waals surface area contributed by atoms with E-state index in [-0.39, 0.29) is 5.91 Å². The summed E-state index contributed by atoms with van der Waals surface area (Å²) in [5.41, 5.74) is 0.651. The van der Waals surface area contributed by atoms with Gasteiger partial charge in [0.25, 0.3) is 0 Å². The number of amides is 1. The molecule has 0 aliphatic heterocycles. The maximum atomic E-state index is 11.7. The summed E-state index contributed by atoms with van der Waals surface area (Å²) in [6, 6.07) is 5.34. The lowest BCUT2D eigenvalue weighted by molar-refractivity contribution is -0.116. The van der Waals surface area contributed by atoms with E-state index in [2.05, 4.69) is 12.2 Å². The van der Waals surface area contributed by atoms with Crippen LogP contribution in [0, 0.1) is 0 Å². The smallest absolute Gasteiger partial charge is 0.224 e. The Labute approximate surface area is 108 Å². The zero-order chi connectivity index (χ0) is 13.4. The highest BCUT2D eigenvalue weighted by atomic mass is 16.5. The van der Waals surface area contributed by atoms with Crippen LogP contribution in [-0.4, -0.2) is 20.1 Å². The van der Waals surface area contributed by atoms with Gasteiger partial charge in [-0.2, -0.15) is 0 Å². The van der Waals surface area contributed by atoms with Gasteiger partial charge in [-0.15, -0.1) is 0 Å². The number of hydrogen-bond acceptors (Lipinski definition) is 3. The second-order valence-corrected chi connectivity index (χ2v) is 4.07. The summed E-state index contributed by atoms with van der Waals surface area (Å²) in [7, 11) is 3.17. The number of ether oxygens (including phenoxy) is 2. The highest BCUT2D eigenvalue weighted by Gasteiger charge is 2.08. The Morgan fingerprint density at radius 1 is 1.22 bits per heavy atom. The summed E-state index contributed by atoms with van der Waals surface area (Å²) in [5, 5.41) is 2.85. The second-order valence-electron chi connectivity index (χ2n) is 4.07. The predicted octanol–water partition coefficient (Wildman–Crippen LogP) is 3.22. The van der Waals surface area contributed by atoms with E-state index in [1.54, 1.807) is 32.4 Å². The summed E-state index contributed by atoms with van der Waals surface area (Å²) in [4.78, 5) is 11.7. The summed E-state index contributed by atoms with van der Waals surface area (Å²) in [6.07, 6.45) is 3.63. The Hall–Kier alpha value is -1.71. The van der Waals surface area contributed by atoms with Gasteiger partial charge in [0.15, 0.2) is 0 Å². The molecule has 1 amide bonds. The van der Waals surface area contributed by atoms with E-state index in [0.29, 0.717) is 23.6 Å². The average molecular weight is 251 g/mol. The van der Waals surface area contributed by atoms with Crippen molar-refractivity contribution >= 4 is 11.6 Å². The Bertz CT molecular complexity index is 391. The number of benzene rings is 1. The fourth-order valence-electron chi connectivity index (χ4n) is 1.66. The lowest BCUT2D eigenvalue weighted by Gasteiger charge is -2.11. The zero-order valence-electron chi connectivity index (χ0n) is 11.3. The number of carbonyl (C=O) groups is 1. The maximum absolute atomic E-state index is 11.7. The topological polar surface area (TPSA) is 47.6 Å². The molecule has 1 aromatic rings. The molecule has 0 aliphatic rings. The number of hydrogen-bond donors (Lipinski definition) is 1. The van der Waals surface area contributed by atoms with E-state index in [0.717, 1.165) is 19.3 Å². The van der Waals surface area contributed by atoms with Gasteiger partial charge in [-0.1, -0.05) is 19.8 Å². The van der Waals surface area contributed by atoms with Crippen molar-refractivity contribution in [1.82, 2.24) is 0 Å². The highest BCUT2D eigenvalue weighted by Crippen LogP contribution is 2.29. The van der Waals surface area contributed by atoms with Gasteiger partial charge in [-0.25, -0.2) is 0 Å². The number of methoxy groups -OCH3 is 2. The normalized spacial score (nSPS) is 9.94. The third-order valence-electron chi connectivity index (χ3n) is 2.69. The summed E-state index contributed by atoms with van der Waals surface area (Å²) < 4.78 is 10.3. The molecule has 4 nitrogen and oxygen atoms in total. The number of anilines is 1. The molecular formula is C14H21NO3. The lowest BCUT2D eigenvalue weighted by Crippen LogP contribution is -2.12. The van der Waals surface area contributed by atoms with Gasteiger partial charge < -0.3 is 14.8 Å². The first-order valence-electron chi connectivity index (χ1n) is 6.23. The SMILES string of the molecule is CCCCCC(=O)Nc1cc(OC)ccc1OC. The van der Waals surface area contributed by atoms with Crippen molar-refractivity contribution in [3.05, 3.63) is 18.2 Å². The summed E-state index contributed by atoms with van der Waals surface area (Å²) in [6.45, 7) is 2.11. The first-order valence-corrected chi connectivity index (χ1v) is 6.23. The Morgan fingerprint density at radius 2 is 2.00 bits per heavy atom. The van der Waals surface area contributed by atoms with E-state index in [9.17, 15) is 4.79 Å².